The first-order valence-electron chi connectivity index (χ1n) is 12.1. The van der Waals surface area contributed by atoms with Crippen LogP contribution in [0.25, 0.3) is 0 Å². The first-order valence-corrected chi connectivity index (χ1v) is 12.1. The highest BCUT2D eigenvalue weighted by atomic mass is 16.7. The van der Waals surface area contributed by atoms with Gasteiger partial charge in [-0.15, -0.1) is 0 Å². The molecule has 0 saturated carbocycles. The SMILES string of the molecule is NCCOCCOCCNc1nc(NCCc2ccccc2)nc(NCc2ccc3c(c2)OCO3)n1. The number of rotatable bonds is 16. The van der Waals surface area contributed by atoms with Gasteiger partial charge in [0.15, 0.2) is 11.5 Å². The average molecular weight is 496 g/mol. The zero-order valence-electron chi connectivity index (χ0n) is 20.2. The summed E-state index contributed by atoms with van der Waals surface area (Å²) in [5, 5.41) is 9.78. The van der Waals surface area contributed by atoms with Gasteiger partial charge in [-0.05, 0) is 29.7 Å². The van der Waals surface area contributed by atoms with E-state index in [0.717, 1.165) is 23.5 Å². The van der Waals surface area contributed by atoms with E-state index >= 15 is 0 Å². The van der Waals surface area contributed by atoms with Crippen molar-refractivity contribution >= 4 is 17.8 Å². The Balaban J connectivity index is 1.32. The maximum atomic E-state index is 5.57. The molecule has 0 amide bonds. The van der Waals surface area contributed by atoms with Gasteiger partial charge in [-0.25, -0.2) is 0 Å². The van der Waals surface area contributed by atoms with Crippen molar-refractivity contribution in [3.63, 3.8) is 0 Å². The fourth-order valence-electron chi connectivity index (χ4n) is 3.45. The van der Waals surface area contributed by atoms with Crippen molar-refractivity contribution in [2.24, 2.45) is 5.73 Å². The molecule has 0 aliphatic carbocycles. The molecule has 1 aliphatic rings. The molecule has 192 valence electrons. The quantitative estimate of drug-likeness (QED) is 0.218. The fraction of sp³-hybridized carbons (Fsp3) is 0.400. The lowest BCUT2D eigenvalue weighted by atomic mass is 10.1. The van der Waals surface area contributed by atoms with Gasteiger partial charge >= 0.3 is 0 Å². The maximum Gasteiger partial charge on any atom is 0.231 e. The van der Waals surface area contributed by atoms with Crippen molar-refractivity contribution < 1.29 is 18.9 Å². The molecule has 1 aromatic heterocycles. The molecule has 3 aromatic rings. The van der Waals surface area contributed by atoms with Crippen LogP contribution in [0.1, 0.15) is 11.1 Å². The van der Waals surface area contributed by atoms with Gasteiger partial charge in [0.2, 0.25) is 24.6 Å². The van der Waals surface area contributed by atoms with Crippen LogP contribution in [0.15, 0.2) is 48.5 Å². The van der Waals surface area contributed by atoms with Gasteiger partial charge in [-0.1, -0.05) is 36.4 Å². The molecule has 0 saturated heterocycles. The number of hydrogen-bond donors (Lipinski definition) is 4. The van der Waals surface area contributed by atoms with Crippen LogP contribution < -0.4 is 31.2 Å². The summed E-state index contributed by atoms with van der Waals surface area (Å²) < 4.78 is 21.7. The first-order chi connectivity index (χ1) is 17.8. The highest BCUT2D eigenvalue weighted by Crippen LogP contribution is 2.32. The van der Waals surface area contributed by atoms with Crippen LogP contribution in [0, 0.1) is 0 Å². The number of aromatic nitrogens is 3. The summed E-state index contributed by atoms with van der Waals surface area (Å²) in [6, 6.07) is 16.1. The van der Waals surface area contributed by atoms with Gasteiger partial charge in [0.25, 0.3) is 0 Å². The number of nitrogens with one attached hydrogen (secondary N) is 3. The average Bonchev–Trinajstić information content (AvgIpc) is 3.38. The van der Waals surface area contributed by atoms with Crippen LogP contribution >= 0.6 is 0 Å². The molecular formula is C25H33N7O4. The number of nitrogens with two attached hydrogens (primary N) is 1. The van der Waals surface area contributed by atoms with E-state index in [-0.39, 0.29) is 6.79 Å². The van der Waals surface area contributed by atoms with Crippen LogP contribution in [-0.4, -0.2) is 67.8 Å². The molecule has 11 heteroatoms. The van der Waals surface area contributed by atoms with Crippen molar-refractivity contribution in [2.45, 2.75) is 13.0 Å². The molecule has 2 heterocycles. The fourth-order valence-corrected chi connectivity index (χ4v) is 3.45. The zero-order chi connectivity index (χ0) is 24.8. The van der Waals surface area contributed by atoms with E-state index < -0.39 is 0 Å². The molecule has 36 heavy (non-hydrogen) atoms. The molecule has 0 radical (unpaired) electrons. The van der Waals surface area contributed by atoms with Gasteiger partial charge in [-0.3, -0.25) is 0 Å². The third kappa shape index (κ3) is 8.22. The zero-order valence-corrected chi connectivity index (χ0v) is 20.2. The van der Waals surface area contributed by atoms with Crippen LogP contribution in [0.3, 0.4) is 0 Å². The largest absolute Gasteiger partial charge is 0.454 e. The van der Waals surface area contributed by atoms with E-state index in [1.807, 2.05) is 36.4 Å². The van der Waals surface area contributed by atoms with E-state index in [4.69, 9.17) is 24.7 Å². The molecular weight excluding hydrogens is 462 g/mol. The summed E-state index contributed by atoms with van der Waals surface area (Å²) in [6.07, 6.45) is 0.856. The van der Waals surface area contributed by atoms with Crippen LogP contribution in [0.2, 0.25) is 0 Å². The third-order valence-electron chi connectivity index (χ3n) is 5.23. The van der Waals surface area contributed by atoms with Gasteiger partial charge in [0.1, 0.15) is 0 Å². The number of hydrogen-bond acceptors (Lipinski definition) is 11. The van der Waals surface area contributed by atoms with Crippen molar-refractivity contribution in [3.05, 3.63) is 59.7 Å². The molecule has 0 unspecified atom stereocenters. The van der Waals surface area contributed by atoms with Gasteiger partial charge in [-0.2, -0.15) is 15.0 Å². The highest BCUT2D eigenvalue weighted by molar-refractivity contribution is 5.46. The van der Waals surface area contributed by atoms with E-state index in [1.54, 1.807) is 0 Å². The molecule has 2 aromatic carbocycles. The lowest BCUT2D eigenvalue weighted by Crippen LogP contribution is -2.17. The Hall–Kier alpha value is -3.67. The lowest BCUT2D eigenvalue weighted by molar-refractivity contribution is 0.0547. The Morgan fingerprint density at radius 1 is 0.722 bits per heavy atom. The Bertz CT molecular complexity index is 1070. The third-order valence-corrected chi connectivity index (χ3v) is 5.23. The van der Waals surface area contributed by atoms with E-state index in [2.05, 4.69) is 43.0 Å². The molecule has 0 atom stereocenters. The number of benzene rings is 2. The van der Waals surface area contributed by atoms with Gasteiger partial charge in [0.05, 0.1) is 26.4 Å². The Morgan fingerprint density at radius 2 is 1.42 bits per heavy atom. The maximum absolute atomic E-state index is 5.57. The predicted molar refractivity (Wildman–Crippen MR) is 138 cm³/mol. The Morgan fingerprint density at radius 3 is 2.19 bits per heavy atom. The van der Waals surface area contributed by atoms with E-state index in [1.165, 1.54) is 5.56 Å². The van der Waals surface area contributed by atoms with Crippen molar-refractivity contribution in [1.82, 2.24) is 15.0 Å². The van der Waals surface area contributed by atoms with Crippen LogP contribution in [0.5, 0.6) is 11.5 Å². The molecule has 0 bridgehead atoms. The number of anilines is 3. The smallest absolute Gasteiger partial charge is 0.231 e. The molecule has 0 spiro atoms. The number of ether oxygens (including phenoxy) is 4. The van der Waals surface area contributed by atoms with Crippen LogP contribution in [-0.2, 0) is 22.4 Å². The van der Waals surface area contributed by atoms with Crippen LogP contribution in [0.4, 0.5) is 17.8 Å². The summed E-state index contributed by atoms with van der Waals surface area (Å²) in [7, 11) is 0. The Labute approximate surface area is 210 Å². The Kier molecular flexibility index (Phi) is 9.91. The van der Waals surface area contributed by atoms with Crippen molar-refractivity contribution in [2.75, 3.05) is 68.8 Å². The molecule has 0 fully saturated rings. The predicted octanol–water partition coefficient (Wildman–Crippen LogP) is 2.27. The summed E-state index contributed by atoms with van der Waals surface area (Å²) in [5.41, 5.74) is 7.67. The summed E-state index contributed by atoms with van der Waals surface area (Å²) in [5.74, 6) is 2.91. The van der Waals surface area contributed by atoms with E-state index in [0.29, 0.717) is 70.5 Å². The summed E-state index contributed by atoms with van der Waals surface area (Å²) in [4.78, 5) is 13.6. The topological polar surface area (TPSA) is 138 Å². The minimum atomic E-state index is 0.247. The second-order valence-corrected chi connectivity index (χ2v) is 7.95. The molecule has 1 aliphatic heterocycles. The monoisotopic (exact) mass is 495 g/mol. The van der Waals surface area contributed by atoms with E-state index in [9.17, 15) is 0 Å². The molecule has 4 rings (SSSR count). The molecule has 5 N–H and O–H groups in total. The number of fused-ring (bicyclic) bond motifs is 1. The summed E-state index contributed by atoms with van der Waals surface area (Å²) in [6.45, 7) is 4.58. The van der Waals surface area contributed by atoms with Gasteiger partial charge < -0.3 is 40.6 Å². The molecule has 11 nitrogen and oxygen atoms in total. The van der Waals surface area contributed by atoms with Crippen molar-refractivity contribution in [1.29, 1.82) is 0 Å². The minimum Gasteiger partial charge on any atom is -0.454 e. The second kappa shape index (κ2) is 14.0. The standard InChI is InChI=1S/C25H33N7O4/c26-9-12-33-14-15-34-13-11-28-24-30-23(27-10-8-19-4-2-1-3-5-19)31-25(32-24)29-17-20-6-7-21-22(16-20)36-18-35-21/h1-7,16H,8-15,17-18,26H2,(H3,27,28,29,30,31,32). The summed E-state index contributed by atoms with van der Waals surface area (Å²) >= 11 is 0. The highest BCUT2D eigenvalue weighted by Gasteiger charge is 2.13. The minimum absolute atomic E-state index is 0.247. The second-order valence-electron chi connectivity index (χ2n) is 7.95. The number of nitrogens with zero attached hydrogens (tertiary/aromatic N) is 3. The van der Waals surface area contributed by atoms with Crippen molar-refractivity contribution in [3.8, 4) is 11.5 Å². The first kappa shape index (κ1) is 25.4. The lowest BCUT2D eigenvalue weighted by Gasteiger charge is -2.12. The normalized spacial score (nSPS) is 11.9. The van der Waals surface area contributed by atoms with Gasteiger partial charge in [0, 0.05) is 26.2 Å².